The van der Waals surface area contributed by atoms with Crippen molar-refractivity contribution in [3.05, 3.63) is 70.5 Å². The van der Waals surface area contributed by atoms with Crippen molar-refractivity contribution in [2.24, 2.45) is 0 Å². The maximum Gasteiger partial charge on any atom is 0.231 e. The monoisotopic (exact) mass is 490 g/mol. The Labute approximate surface area is 214 Å². The summed E-state index contributed by atoms with van der Waals surface area (Å²) in [4.78, 5) is 27.4. The van der Waals surface area contributed by atoms with E-state index in [-0.39, 0.29) is 17.7 Å². The summed E-state index contributed by atoms with van der Waals surface area (Å²) >= 11 is 0. The van der Waals surface area contributed by atoms with Crippen LogP contribution in [0.4, 0.5) is 0 Å². The predicted molar refractivity (Wildman–Crippen MR) is 142 cm³/mol. The van der Waals surface area contributed by atoms with E-state index in [1.807, 2.05) is 56.3 Å². The number of nitrogens with one attached hydrogen (secondary N) is 1. The highest BCUT2D eigenvalue weighted by Gasteiger charge is 2.31. The number of rotatable bonds is 10. The van der Waals surface area contributed by atoms with Crippen molar-refractivity contribution in [2.45, 2.75) is 65.3 Å². The molecule has 2 aliphatic heterocycles. The van der Waals surface area contributed by atoms with Gasteiger partial charge in [-0.25, -0.2) is 0 Å². The van der Waals surface area contributed by atoms with Crippen LogP contribution >= 0.6 is 0 Å². The fourth-order valence-electron chi connectivity index (χ4n) is 4.96. The van der Waals surface area contributed by atoms with Crippen LogP contribution in [0.2, 0.25) is 0 Å². The van der Waals surface area contributed by atoms with Crippen molar-refractivity contribution in [3.63, 3.8) is 0 Å². The van der Waals surface area contributed by atoms with E-state index in [0.717, 1.165) is 74.2 Å². The van der Waals surface area contributed by atoms with Gasteiger partial charge in [0, 0.05) is 31.2 Å². The zero-order valence-corrected chi connectivity index (χ0v) is 21.8. The molecule has 0 spiro atoms. The third-order valence-corrected chi connectivity index (χ3v) is 6.86. The molecule has 0 unspecified atom stereocenters. The summed E-state index contributed by atoms with van der Waals surface area (Å²) in [6, 6.07) is 13.9. The first-order chi connectivity index (χ1) is 17.5. The summed E-state index contributed by atoms with van der Waals surface area (Å²) < 4.78 is 12.2. The molecule has 0 radical (unpaired) electrons. The molecule has 4 rings (SSSR count). The molecule has 1 fully saturated rings. The zero-order chi connectivity index (χ0) is 25.5. The van der Waals surface area contributed by atoms with Gasteiger partial charge in [-0.3, -0.25) is 9.59 Å². The first kappa shape index (κ1) is 26.0. The largest absolute Gasteiger partial charge is 0.493 e. The minimum absolute atomic E-state index is 0.0337. The first-order valence-corrected chi connectivity index (χ1v) is 13.2. The van der Waals surface area contributed by atoms with E-state index in [2.05, 4.69) is 17.1 Å². The second kappa shape index (κ2) is 12.2. The number of hydrogen-bond donors (Lipinski definition) is 1. The number of fused-ring (bicyclic) bond motifs is 1. The lowest BCUT2D eigenvalue weighted by Crippen LogP contribution is -2.45. The van der Waals surface area contributed by atoms with Crippen LogP contribution < -0.4 is 14.8 Å². The summed E-state index contributed by atoms with van der Waals surface area (Å²) in [7, 11) is 0. The van der Waals surface area contributed by atoms with Gasteiger partial charge in [0.1, 0.15) is 11.5 Å². The van der Waals surface area contributed by atoms with E-state index < -0.39 is 0 Å². The molecular formula is C30H38N2O4. The molecule has 2 aliphatic rings. The van der Waals surface area contributed by atoms with Gasteiger partial charge in [0.2, 0.25) is 11.7 Å². The Balaban J connectivity index is 1.21. The number of piperidine rings is 1. The second-order valence-electron chi connectivity index (χ2n) is 9.98. The third-order valence-electron chi connectivity index (χ3n) is 6.86. The van der Waals surface area contributed by atoms with Crippen LogP contribution in [0.5, 0.6) is 11.5 Å². The molecule has 2 heterocycles. The van der Waals surface area contributed by atoms with E-state index in [9.17, 15) is 9.59 Å². The van der Waals surface area contributed by atoms with Gasteiger partial charge in [0.15, 0.2) is 5.76 Å². The van der Waals surface area contributed by atoms with Crippen LogP contribution in [0.3, 0.4) is 0 Å². The zero-order valence-electron chi connectivity index (χ0n) is 21.8. The van der Waals surface area contributed by atoms with Gasteiger partial charge in [-0.15, -0.1) is 0 Å². The number of ether oxygens (including phenoxy) is 2. The Bertz CT molecular complexity index is 1100. The Morgan fingerprint density at radius 3 is 2.56 bits per heavy atom. The van der Waals surface area contributed by atoms with E-state index >= 15 is 0 Å². The smallest absolute Gasteiger partial charge is 0.231 e. The van der Waals surface area contributed by atoms with Crippen molar-refractivity contribution < 1.29 is 19.1 Å². The average molecular weight is 491 g/mol. The van der Waals surface area contributed by atoms with Crippen molar-refractivity contribution in [2.75, 3.05) is 26.2 Å². The van der Waals surface area contributed by atoms with Crippen molar-refractivity contribution in [1.82, 2.24) is 10.2 Å². The standard InChI is InChI=1S/C30H38N2O4/c1-4-9-24-26(13-12-25-28(34)29(21(2)3)36-30(24)25)35-19-8-16-32-17-14-23(15-18-32)31-27(33)20-22-10-6-5-7-11-22/h5-7,10-13,23H,4,8-9,14-20H2,1-3H3,(H,31,33). The molecular weight excluding hydrogens is 452 g/mol. The van der Waals surface area contributed by atoms with Crippen molar-refractivity contribution >= 4 is 11.7 Å². The van der Waals surface area contributed by atoms with Crippen LogP contribution in [0.25, 0.3) is 0 Å². The van der Waals surface area contributed by atoms with Crippen LogP contribution in [-0.4, -0.2) is 48.9 Å². The lowest BCUT2D eigenvalue weighted by molar-refractivity contribution is -0.121. The molecule has 6 heteroatoms. The van der Waals surface area contributed by atoms with E-state index in [1.165, 1.54) is 0 Å². The van der Waals surface area contributed by atoms with Gasteiger partial charge in [0.25, 0.3) is 0 Å². The quantitative estimate of drug-likeness (QED) is 0.371. The number of Topliss-reactive ketones (excluding diaryl/α,β-unsaturated/α-hetero) is 1. The lowest BCUT2D eigenvalue weighted by atomic mass is 10.0. The van der Waals surface area contributed by atoms with Crippen molar-refractivity contribution in [3.8, 4) is 11.5 Å². The first-order valence-electron chi connectivity index (χ1n) is 13.2. The van der Waals surface area contributed by atoms with Gasteiger partial charge in [-0.05, 0) is 62.8 Å². The van der Waals surface area contributed by atoms with Crippen LogP contribution in [0, 0.1) is 0 Å². The number of amides is 1. The molecule has 1 saturated heterocycles. The molecule has 2 aromatic carbocycles. The van der Waals surface area contributed by atoms with E-state index in [0.29, 0.717) is 30.1 Å². The lowest BCUT2D eigenvalue weighted by Gasteiger charge is -2.32. The Morgan fingerprint density at radius 2 is 1.86 bits per heavy atom. The number of likely N-dealkylation sites (tertiary alicyclic amines) is 1. The van der Waals surface area contributed by atoms with Gasteiger partial charge in [-0.1, -0.05) is 43.7 Å². The van der Waals surface area contributed by atoms with Crippen LogP contribution in [-0.2, 0) is 17.6 Å². The highest BCUT2D eigenvalue weighted by Crippen LogP contribution is 2.40. The normalized spacial score (nSPS) is 16.0. The van der Waals surface area contributed by atoms with Crippen molar-refractivity contribution in [1.29, 1.82) is 0 Å². The molecule has 0 atom stereocenters. The van der Waals surface area contributed by atoms with Gasteiger partial charge in [-0.2, -0.15) is 0 Å². The highest BCUT2D eigenvalue weighted by molar-refractivity contribution is 6.13. The average Bonchev–Trinajstić information content (AvgIpc) is 3.21. The third kappa shape index (κ3) is 6.35. The fourth-order valence-corrected chi connectivity index (χ4v) is 4.96. The fraction of sp³-hybridized carbons (Fsp3) is 0.467. The number of hydrogen-bond acceptors (Lipinski definition) is 5. The molecule has 0 aliphatic carbocycles. The number of allylic oxidation sites excluding steroid dienone is 2. The minimum Gasteiger partial charge on any atom is -0.493 e. The van der Waals surface area contributed by atoms with Gasteiger partial charge >= 0.3 is 0 Å². The summed E-state index contributed by atoms with van der Waals surface area (Å²) in [5, 5.41) is 3.20. The summed E-state index contributed by atoms with van der Waals surface area (Å²) in [6.07, 6.45) is 5.08. The Morgan fingerprint density at radius 1 is 1.11 bits per heavy atom. The van der Waals surface area contributed by atoms with Crippen LogP contribution in [0.15, 0.2) is 53.8 Å². The molecule has 1 amide bonds. The van der Waals surface area contributed by atoms with Crippen LogP contribution in [0.1, 0.15) is 67.9 Å². The number of carbonyl (C=O) groups excluding carboxylic acids is 2. The number of nitrogens with zero attached hydrogens (tertiary/aromatic N) is 1. The Kier molecular flexibility index (Phi) is 8.81. The molecule has 2 aromatic rings. The number of benzene rings is 2. The molecule has 0 saturated carbocycles. The van der Waals surface area contributed by atoms with Gasteiger partial charge < -0.3 is 19.7 Å². The van der Waals surface area contributed by atoms with Gasteiger partial charge in [0.05, 0.1) is 18.6 Å². The molecule has 36 heavy (non-hydrogen) atoms. The maximum absolute atomic E-state index is 12.7. The molecule has 6 nitrogen and oxygen atoms in total. The maximum atomic E-state index is 12.7. The molecule has 0 aromatic heterocycles. The summed E-state index contributed by atoms with van der Waals surface area (Å²) in [5.41, 5.74) is 3.57. The van der Waals surface area contributed by atoms with E-state index in [1.54, 1.807) is 0 Å². The van der Waals surface area contributed by atoms with E-state index in [4.69, 9.17) is 9.47 Å². The summed E-state index contributed by atoms with van der Waals surface area (Å²) in [6.45, 7) is 9.47. The Hall–Kier alpha value is -3.12. The predicted octanol–water partition coefficient (Wildman–Crippen LogP) is 5.10. The highest BCUT2D eigenvalue weighted by atomic mass is 16.5. The summed E-state index contributed by atoms with van der Waals surface area (Å²) in [5.74, 6) is 2.01. The topological polar surface area (TPSA) is 67.9 Å². The number of carbonyl (C=O) groups is 2. The minimum atomic E-state index is -0.0337. The molecule has 1 N–H and O–H groups in total. The SMILES string of the molecule is CCCc1c(OCCCN2CCC(NC(=O)Cc3ccccc3)CC2)ccc2c1OC(=C(C)C)C2=O. The number of ketones is 1. The molecule has 192 valence electrons. The molecule has 0 bridgehead atoms. The second-order valence-corrected chi connectivity index (χ2v) is 9.98.